The number of rotatable bonds is 5. The van der Waals surface area contributed by atoms with E-state index in [-0.39, 0.29) is 0 Å². The van der Waals surface area contributed by atoms with Gasteiger partial charge in [-0.05, 0) is 24.6 Å². The fraction of sp³-hybridized carbons (Fsp3) is 0.385. The van der Waals surface area contributed by atoms with Gasteiger partial charge in [0.2, 0.25) is 10.0 Å². The zero-order chi connectivity index (χ0) is 14.0. The molecule has 0 spiro atoms. The molecule has 2 rings (SSSR count). The molecular weight excluding hydrogens is 262 g/mol. The lowest BCUT2D eigenvalue weighted by atomic mass is 10.2. The van der Waals surface area contributed by atoms with Crippen molar-refractivity contribution in [2.45, 2.75) is 25.2 Å². The number of nitrogens with two attached hydrogens (primary N) is 1. The second-order valence-corrected chi connectivity index (χ2v) is 6.36. The minimum Gasteiger partial charge on any atom is -0.399 e. The molecule has 3 N–H and O–H groups in total. The summed E-state index contributed by atoms with van der Waals surface area (Å²) >= 11 is 0. The molecule has 1 aromatic carbocycles. The Labute approximate surface area is 113 Å². The van der Waals surface area contributed by atoms with E-state index in [0.29, 0.717) is 29.1 Å². The van der Waals surface area contributed by atoms with E-state index in [4.69, 9.17) is 5.73 Å². The predicted octanol–water partition coefficient (Wildman–Crippen LogP) is 2.17. The van der Waals surface area contributed by atoms with E-state index >= 15 is 0 Å². The van der Waals surface area contributed by atoms with Crippen molar-refractivity contribution in [1.29, 1.82) is 0 Å². The summed E-state index contributed by atoms with van der Waals surface area (Å²) in [5.41, 5.74) is 7.05. The molecule has 0 atom stereocenters. The number of fused-ring (bicyclic) bond motifs is 1. The van der Waals surface area contributed by atoms with Crippen LogP contribution in [0.5, 0.6) is 0 Å². The zero-order valence-corrected chi connectivity index (χ0v) is 12.0. The molecule has 0 fully saturated rings. The Morgan fingerprint density at radius 1 is 1.32 bits per heavy atom. The van der Waals surface area contributed by atoms with Gasteiger partial charge in [0.05, 0.1) is 0 Å². The van der Waals surface area contributed by atoms with Crippen LogP contribution in [0.25, 0.3) is 10.9 Å². The number of hydrogen-bond donors (Lipinski definition) is 2. The number of nitrogens with zero attached hydrogens (tertiary/aromatic N) is 1. The molecule has 0 unspecified atom stereocenters. The molecule has 0 aliphatic rings. The lowest BCUT2D eigenvalue weighted by Crippen LogP contribution is -2.31. The normalized spacial score (nSPS) is 12.4. The summed E-state index contributed by atoms with van der Waals surface area (Å²) in [5, 5.41) is 0.684. The lowest BCUT2D eigenvalue weighted by Gasteiger charge is -2.19. The van der Waals surface area contributed by atoms with E-state index in [1.165, 1.54) is 10.5 Å². The average Bonchev–Trinajstić information content (AvgIpc) is 2.79. The van der Waals surface area contributed by atoms with Gasteiger partial charge in [0.25, 0.3) is 0 Å². The highest BCUT2D eigenvalue weighted by Crippen LogP contribution is 2.27. The van der Waals surface area contributed by atoms with Gasteiger partial charge in [-0.2, -0.15) is 4.31 Å². The molecule has 104 valence electrons. The van der Waals surface area contributed by atoms with Gasteiger partial charge in [0.1, 0.15) is 4.90 Å². The molecule has 1 aromatic heterocycles. The largest absolute Gasteiger partial charge is 0.399 e. The molecule has 6 heteroatoms. The third kappa shape index (κ3) is 2.46. The zero-order valence-electron chi connectivity index (χ0n) is 11.2. The fourth-order valence-corrected chi connectivity index (χ4v) is 3.87. The summed E-state index contributed by atoms with van der Waals surface area (Å²) in [5.74, 6) is 0. The van der Waals surface area contributed by atoms with E-state index in [2.05, 4.69) is 4.98 Å². The van der Waals surface area contributed by atoms with Crippen LogP contribution in [0, 0.1) is 0 Å². The highest BCUT2D eigenvalue weighted by molar-refractivity contribution is 7.89. The molecule has 0 saturated carbocycles. The smallest absolute Gasteiger partial charge is 0.245 e. The lowest BCUT2D eigenvalue weighted by molar-refractivity contribution is 0.427. The Bertz CT molecular complexity index is 676. The summed E-state index contributed by atoms with van der Waals surface area (Å²) in [6, 6.07) is 5.20. The molecule has 0 bridgehead atoms. The minimum absolute atomic E-state index is 0.317. The molecule has 5 nitrogen and oxygen atoms in total. The first-order valence-electron chi connectivity index (χ1n) is 6.37. The van der Waals surface area contributed by atoms with Crippen molar-refractivity contribution in [1.82, 2.24) is 9.29 Å². The summed E-state index contributed by atoms with van der Waals surface area (Å²) in [6.07, 6.45) is 2.33. The van der Waals surface area contributed by atoms with E-state index in [9.17, 15) is 8.42 Å². The maximum Gasteiger partial charge on any atom is 0.245 e. The number of aromatic amines is 1. The molecule has 0 aliphatic heterocycles. The Balaban J connectivity index is 2.54. The average molecular weight is 281 g/mol. The van der Waals surface area contributed by atoms with Crippen molar-refractivity contribution < 1.29 is 8.42 Å². The minimum atomic E-state index is -3.45. The molecule has 0 amide bonds. The number of hydrogen-bond acceptors (Lipinski definition) is 3. The van der Waals surface area contributed by atoms with E-state index in [1.54, 1.807) is 18.2 Å². The first-order valence-corrected chi connectivity index (χ1v) is 7.81. The van der Waals surface area contributed by atoms with Crippen LogP contribution in [0.3, 0.4) is 0 Å². The number of nitrogen functional groups attached to an aromatic ring is 1. The first kappa shape index (κ1) is 13.9. The Morgan fingerprint density at radius 2 is 2.05 bits per heavy atom. The first-order chi connectivity index (χ1) is 9.00. The van der Waals surface area contributed by atoms with Gasteiger partial charge in [0.15, 0.2) is 0 Å². The van der Waals surface area contributed by atoms with Gasteiger partial charge < -0.3 is 10.7 Å². The van der Waals surface area contributed by atoms with Crippen molar-refractivity contribution in [2.24, 2.45) is 0 Å². The fourth-order valence-electron chi connectivity index (χ4n) is 2.17. The van der Waals surface area contributed by atoms with Gasteiger partial charge >= 0.3 is 0 Å². The quantitative estimate of drug-likeness (QED) is 0.824. The molecule has 19 heavy (non-hydrogen) atoms. The Hall–Kier alpha value is -1.53. The predicted molar refractivity (Wildman–Crippen MR) is 77.4 cm³/mol. The molecule has 1 heterocycles. The van der Waals surface area contributed by atoms with E-state index < -0.39 is 10.0 Å². The van der Waals surface area contributed by atoms with Crippen molar-refractivity contribution in [3.05, 3.63) is 24.4 Å². The topological polar surface area (TPSA) is 79.2 Å². The summed E-state index contributed by atoms with van der Waals surface area (Å²) < 4.78 is 26.7. The van der Waals surface area contributed by atoms with E-state index in [1.807, 2.05) is 13.8 Å². The number of H-pyrrole nitrogens is 1. The number of aromatic nitrogens is 1. The van der Waals surface area contributed by atoms with Crippen molar-refractivity contribution in [3.63, 3.8) is 0 Å². The van der Waals surface area contributed by atoms with Crippen molar-refractivity contribution in [3.8, 4) is 0 Å². The molecule has 0 aliphatic carbocycles. The second kappa shape index (κ2) is 5.22. The highest BCUT2D eigenvalue weighted by Gasteiger charge is 2.25. The third-order valence-corrected chi connectivity index (χ3v) is 5.13. The molecule has 0 radical (unpaired) electrons. The van der Waals surface area contributed by atoms with Crippen LogP contribution in [0.15, 0.2) is 29.3 Å². The number of anilines is 1. The van der Waals surface area contributed by atoms with Crippen LogP contribution in [-0.4, -0.2) is 30.8 Å². The van der Waals surface area contributed by atoms with Crippen LogP contribution >= 0.6 is 0 Å². The summed E-state index contributed by atoms with van der Waals surface area (Å²) in [4.78, 5) is 3.29. The molecule has 0 saturated heterocycles. The maximum absolute atomic E-state index is 12.6. The standard InChI is InChI=1S/C13H19N3O2S/c1-3-7-16(4-2)19(17,18)13-9-15-12-8-10(14)5-6-11(12)13/h5-6,8-9,15H,3-4,7,14H2,1-2H3. The summed E-state index contributed by atoms with van der Waals surface area (Å²) in [7, 11) is -3.45. The maximum atomic E-state index is 12.6. The number of benzene rings is 1. The van der Waals surface area contributed by atoms with Gasteiger partial charge in [-0.15, -0.1) is 0 Å². The van der Waals surface area contributed by atoms with Crippen LogP contribution in [0.4, 0.5) is 5.69 Å². The monoisotopic (exact) mass is 281 g/mol. The van der Waals surface area contributed by atoms with Gasteiger partial charge in [-0.1, -0.05) is 13.8 Å². The molecule has 2 aromatic rings. The van der Waals surface area contributed by atoms with Crippen molar-refractivity contribution >= 4 is 26.6 Å². The summed E-state index contributed by atoms with van der Waals surface area (Å²) in [6.45, 7) is 4.81. The van der Waals surface area contributed by atoms with Crippen LogP contribution in [-0.2, 0) is 10.0 Å². The second-order valence-electron chi connectivity index (χ2n) is 4.45. The number of nitrogens with one attached hydrogen (secondary N) is 1. The Morgan fingerprint density at radius 3 is 2.68 bits per heavy atom. The van der Waals surface area contributed by atoms with Gasteiger partial charge in [0, 0.05) is 35.9 Å². The van der Waals surface area contributed by atoms with E-state index in [0.717, 1.165) is 11.9 Å². The van der Waals surface area contributed by atoms with Gasteiger partial charge in [-0.25, -0.2) is 8.42 Å². The SMILES string of the molecule is CCCN(CC)S(=O)(=O)c1c[nH]c2cc(N)ccc12. The van der Waals surface area contributed by atoms with Crippen LogP contribution < -0.4 is 5.73 Å². The van der Waals surface area contributed by atoms with Gasteiger partial charge in [-0.3, -0.25) is 0 Å². The highest BCUT2D eigenvalue weighted by atomic mass is 32.2. The molecular formula is C13H19N3O2S. The Kier molecular flexibility index (Phi) is 3.82. The number of sulfonamides is 1. The van der Waals surface area contributed by atoms with Crippen LogP contribution in [0.2, 0.25) is 0 Å². The van der Waals surface area contributed by atoms with Crippen LogP contribution in [0.1, 0.15) is 20.3 Å². The third-order valence-electron chi connectivity index (χ3n) is 3.11. The van der Waals surface area contributed by atoms with Crippen molar-refractivity contribution in [2.75, 3.05) is 18.8 Å².